The summed E-state index contributed by atoms with van der Waals surface area (Å²) in [7, 11) is -4.80. The van der Waals surface area contributed by atoms with Crippen LogP contribution < -0.4 is 0 Å². The lowest BCUT2D eigenvalue weighted by Crippen LogP contribution is -2.00. The van der Waals surface area contributed by atoms with E-state index in [1.165, 1.54) is 0 Å². The quantitative estimate of drug-likeness (QED) is 0.813. The van der Waals surface area contributed by atoms with Gasteiger partial charge in [0, 0.05) is 5.56 Å². The van der Waals surface area contributed by atoms with Crippen molar-refractivity contribution in [2.24, 2.45) is 0 Å². The van der Waals surface area contributed by atoms with Crippen LogP contribution in [-0.4, -0.2) is 15.3 Å². The van der Waals surface area contributed by atoms with Gasteiger partial charge in [-0.25, -0.2) is 4.39 Å². The molecule has 0 aliphatic heterocycles. The van der Waals surface area contributed by atoms with E-state index >= 15 is 0 Å². The number of halogens is 2. The highest BCUT2D eigenvalue weighted by molar-refractivity contribution is 9.10. The minimum absolute atomic E-state index is 0.0169. The van der Waals surface area contributed by atoms with Gasteiger partial charge in [0.05, 0.1) is 4.47 Å². The number of carbonyl (C=O) groups excluding carboxylic acids is 1. The molecule has 2 N–H and O–H groups in total. The molecular weight excluding hydrogens is 278 g/mol. The van der Waals surface area contributed by atoms with Gasteiger partial charge >= 0.3 is 7.60 Å². The average molecular weight is 283 g/mol. The molecule has 7 heteroatoms. The van der Waals surface area contributed by atoms with E-state index < -0.39 is 18.9 Å². The first-order valence-corrected chi connectivity index (χ1v) is 5.78. The van der Waals surface area contributed by atoms with Crippen molar-refractivity contribution < 1.29 is 23.5 Å². The maximum Gasteiger partial charge on any atom is 0.396 e. The number of hydrogen-bond acceptors (Lipinski definition) is 2. The molecule has 1 aromatic carbocycles. The van der Waals surface area contributed by atoms with Crippen LogP contribution >= 0.6 is 23.5 Å². The van der Waals surface area contributed by atoms with Crippen molar-refractivity contribution in [2.45, 2.75) is 0 Å². The molecule has 0 spiro atoms. The van der Waals surface area contributed by atoms with Gasteiger partial charge in [-0.1, -0.05) is 0 Å². The normalized spacial score (nSPS) is 11.4. The summed E-state index contributed by atoms with van der Waals surface area (Å²) in [6, 6.07) is 2.99. The first-order chi connectivity index (χ1) is 6.32. The Labute approximate surface area is 87.0 Å². The van der Waals surface area contributed by atoms with E-state index in [0.29, 0.717) is 0 Å². The first kappa shape index (κ1) is 11.5. The second-order valence-electron chi connectivity index (χ2n) is 2.48. The lowest BCUT2D eigenvalue weighted by atomic mass is 10.2. The van der Waals surface area contributed by atoms with Gasteiger partial charge in [-0.15, -0.1) is 0 Å². The van der Waals surface area contributed by atoms with Gasteiger partial charge in [0.25, 0.3) is 5.52 Å². The molecule has 0 saturated carbocycles. The van der Waals surface area contributed by atoms with Crippen LogP contribution in [-0.2, 0) is 4.57 Å². The Hall–Kier alpha value is -0.550. The van der Waals surface area contributed by atoms with Crippen LogP contribution in [0.1, 0.15) is 10.4 Å². The van der Waals surface area contributed by atoms with Crippen molar-refractivity contribution >= 4 is 29.1 Å². The summed E-state index contributed by atoms with van der Waals surface area (Å²) in [6.45, 7) is 0. The van der Waals surface area contributed by atoms with Crippen LogP contribution in [0.5, 0.6) is 0 Å². The van der Waals surface area contributed by atoms with Crippen molar-refractivity contribution in [1.82, 2.24) is 0 Å². The van der Waals surface area contributed by atoms with Gasteiger partial charge in [-0.2, -0.15) is 0 Å². The zero-order valence-corrected chi connectivity index (χ0v) is 9.13. The third-order valence-electron chi connectivity index (χ3n) is 1.43. The molecule has 0 atom stereocenters. The fourth-order valence-corrected chi connectivity index (χ4v) is 1.65. The Bertz CT molecular complexity index is 428. The van der Waals surface area contributed by atoms with Crippen molar-refractivity contribution in [3.63, 3.8) is 0 Å². The van der Waals surface area contributed by atoms with Crippen LogP contribution in [0, 0.1) is 5.82 Å². The Kier molecular flexibility index (Phi) is 3.21. The first-order valence-electron chi connectivity index (χ1n) is 3.38. The molecule has 0 radical (unpaired) electrons. The highest BCUT2D eigenvalue weighted by Crippen LogP contribution is 2.39. The number of carbonyl (C=O) groups is 1. The van der Waals surface area contributed by atoms with Gasteiger partial charge in [-0.05, 0) is 34.1 Å². The molecule has 0 unspecified atom stereocenters. The number of hydrogen-bond donors (Lipinski definition) is 2. The zero-order valence-electron chi connectivity index (χ0n) is 6.65. The largest absolute Gasteiger partial charge is 0.396 e. The zero-order chi connectivity index (χ0) is 10.9. The van der Waals surface area contributed by atoms with Crippen LogP contribution in [0.2, 0.25) is 0 Å². The van der Waals surface area contributed by atoms with Crippen molar-refractivity contribution in [1.29, 1.82) is 0 Å². The molecule has 1 rings (SSSR count). The van der Waals surface area contributed by atoms with Crippen molar-refractivity contribution in [2.75, 3.05) is 0 Å². The third kappa shape index (κ3) is 2.48. The van der Waals surface area contributed by atoms with Gasteiger partial charge in [0.15, 0.2) is 0 Å². The van der Waals surface area contributed by atoms with Gasteiger partial charge in [-0.3, -0.25) is 9.36 Å². The summed E-state index contributed by atoms with van der Waals surface area (Å²) in [4.78, 5) is 28.1. The van der Waals surface area contributed by atoms with Crippen molar-refractivity contribution in [3.8, 4) is 0 Å². The Balaban J connectivity index is 3.16. The number of benzene rings is 1. The van der Waals surface area contributed by atoms with E-state index in [-0.39, 0.29) is 10.0 Å². The summed E-state index contributed by atoms with van der Waals surface area (Å²) in [5, 5.41) is 0. The topological polar surface area (TPSA) is 74.6 Å². The van der Waals surface area contributed by atoms with E-state index in [9.17, 15) is 13.8 Å². The molecule has 0 heterocycles. The number of rotatable bonds is 2. The molecular formula is C7H5BrFO4P. The lowest BCUT2D eigenvalue weighted by Gasteiger charge is -2.03. The van der Waals surface area contributed by atoms with Crippen LogP contribution in [0.25, 0.3) is 0 Å². The standard InChI is InChI=1S/C7H5BrFO4P/c8-5-3-4(1-2-6(5)9)7(10)14(11,12)13/h1-3H,(H2,11,12,13). The maximum atomic E-state index is 12.7. The van der Waals surface area contributed by atoms with E-state index in [4.69, 9.17) is 9.79 Å². The van der Waals surface area contributed by atoms with Gasteiger partial charge in [0.1, 0.15) is 5.82 Å². The molecule has 0 fully saturated rings. The fraction of sp³-hybridized carbons (Fsp3) is 0. The highest BCUT2D eigenvalue weighted by atomic mass is 79.9. The van der Waals surface area contributed by atoms with E-state index in [0.717, 1.165) is 18.2 Å². The van der Waals surface area contributed by atoms with Crippen molar-refractivity contribution in [3.05, 3.63) is 34.1 Å². The van der Waals surface area contributed by atoms with E-state index in [2.05, 4.69) is 15.9 Å². The highest BCUT2D eigenvalue weighted by Gasteiger charge is 2.27. The molecule has 0 aliphatic rings. The Morgan fingerprint density at radius 3 is 2.43 bits per heavy atom. The predicted molar refractivity (Wildman–Crippen MR) is 50.5 cm³/mol. The molecule has 1 aromatic rings. The fourth-order valence-electron chi connectivity index (χ4n) is 0.797. The second kappa shape index (κ2) is 3.90. The third-order valence-corrected chi connectivity index (χ3v) is 2.83. The minimum atomic E-state index is -4.80. The summed E-state index contributed by atoms with van der Waals surface area (Å²) in [6.07, 6.45) is 0. The van der Waals surface area contributed by atoms with Crippen LogP contribution in [0.4, 0.5) is 4.39 Å². The summed E-state index contributed by atoms with van der Waals surface area (Å²) >= 11 is 2.80. The molecule has 0 saturated heterocycles. The lowest BCUT2D eigenvalue weighted by molar-refractivity contribution is 0.104. The molecule has 4 nitrogen and oxygen atoms in total. The second-order valence-corrected chi connectivity index (χ2v) is 4.83. The Morgan fingerprint density at radius 2 is 2.00 bits per heavy atom. The van der Waals surface area contributed by atoms with Crippen LogP contribution in [0.3, 0.4) is 0 Å². The van der Waals surface area contributed by atoms with Gasteiger partial charge < -0.3 is 9.79 Å². The van der Waals surface area contributed by atoms with Gasteiger partial charge in [0.2, 0.25) is 0 Å². The molecule has 0 amide bonds. The SMILES string of the molecule is O=C(c1ccc(F)c(Br)c1)P(=O)(O)O. The molecule has 0 bridgehead atoms. The average Bonchev–Trinajstić information content (AvgIpc) is 2.07. The Morgan fingerprint density at radius 1 is 1.43 bits per heavy atom. The molecule has 14 heavy (non-hydrogen) atoms. The maximum absolute atomic E-state index is 12.7. The predicted octanol–water partition coefficient (Wildman–Crippen LogP) is 1.91. The molecule has 0 aliphatic carbocycles. The van der Waals surface area contributed by atoms with Crippen LogP contribution in [0.15, 0.2) is 22.7 Å². The van der Waals surface area contributed by atoms with E-state index in [1.54, 1.807) is 0 Å². The minimum Gasteiger partial charge on any atom is -0.319 e. The summed E-state index contributed by atoms with van der Waals surface area (Å²) < 4.78 is 23.3. The van der Waals surface area contributed by atoms with E-state index in [1.807, 2.05) is 0 Å². The summed E-state index contributed by atoms with van der Waals surface area (Å²) in [5.74, 6) is -0.604. The molecule has 76 valence electrons. The summed E-state index contributed by atoms with van der Waals surface area (Å²) in [5.41, 5.74) is -1.55. The monoisotopic (exact) mass is 282 g/mol. The smallest absolute Gasteiger partial charge is 0.319 e. The molecule has 0 aromatic heterocycles.